The van der Waals surface area contributed by atoms with E-state index >= 15 is 0 Å². The van der Waals surface area contributed by atoms with E-state index in [1.54, 1.807) is 12.1 Å². The number of carboxylic acids is 1. The van der Waals surface area contributed by atoms with Gasteiger partial charge in [0.2, 0.25) is 0 Å². The molecule has 0 atom stereocenters. The molecule has 0 aliphatic rings. The van der Waals surface area contributed by atoms with Crippen molar-refractivity contribution in [2.24, 2.45) is 5.73 Å². The maximum absolute atomic E-state index is 11.4. The molecule has 0 aliphatic heterocycles. The smallest absolute Gasteiger partial charge is 0.335 e. The van der Waals surface area contributed by atoms with E-state index in [-0.39, 0.29) is 11.4 Å². The summed E-state index contributed by atoms with van der Waals surface area (Å²) in [5.41, 5.74) is 10.5. The van der Waals surface area contributed by atoms with Gasteiger partial charge in [0, 0.05) is 18.5 Å². The summed E-state index contributed by atoms with van der Waals surface area (Å²) in [5, 5.41) is 16.8. The molecule has 0 aliphatic carbocycles. The van der Waals surface area contributed by atoms with Gasteiger partial charge in [-0.2, -0.15) is 0 Å². The standard InChI is InChI=1S/C25H24N4O2/c26-24(27)19-9-6-18(7-10-19)8-13-23-28-21-16-20(25(30)31)11-12-22(21)29(23)15-14-17-4-2-1-3-5-17/h1-7,9-12,16H,8,13-15H2,(H3,26,27)(H,30,31). The van der Waals surface area contributed by atoms with Crippen LogP contribution < -0.4 is 5.73 Å². The zero-order valence-electron chi connectivity index (χ0n) is 17.1. The minimum Gasteiger partial charge on any atom is -0.478 e. The van der Waals surface area contributed by atoms with Crippen LogP contribution in [-0.4, -0.2) is 26.5 Å². The van der Waals surface area contributed by atoms with E-state index < -0.39 is 5.97 Å². The van der Waals surface area contributed by atoms with Crippen molar-refractivity contribution in [3.8, 4) is 0 Å². The van der Waals surface area contributed by atoms with Gasteiger partial charge in [-0.15, -0.1) is 0 Å². The monoisotopic (exact) mass is 412 g/mol. The van der Waals surface area contributed by atoms with Gasteiger partial charge in [0.05, 0.1) is 16.6 Å². The lowest BCUT2D eigenvalue weighted by atomic mass is 10.1. The first kappa shape index (κ1) is 20.3. The number of imidazole rings is 1. The number of amidine groups is 1. The molecule has 0 spiro atoms. The Morgan fingerprint density at radius 2 is 1.58 bits per heavy atom. The van der Waals surface area contributed by atoms with Crippen LogP contribution in [0, 0.1) is 5.41 Å². The molecule has 0 fully saturated rings. The molecule has 6 nitrogen and oxygen atoms in total. The van der Waals surface area contributed by atoms with Crippen LogP contribution >= 0.6 is 0 Å². The van der Waals surface area contributed by atoms with Crippen molar-refractivity contribution in [3.63, 3.8) is 0 Å². The number of aromatic nitrogens is 2. The second-order valence-electron chi connectivity index (χ2n) is 7.53. The highest BCUT2D eigenvalue weighted by Crippen LogP contribution is 2.21. The maximum Gasteiger partial charge on any atom is 0.335 e. The molecule has 0 unspecified atom stereocenters. The fourth-order valence-electron chi connectivity index (χ4n) is 3.75. The van der Waals surface area contributed by atoms with Crippen LogP contribution in [0.15, 0.2) is 72.8 Å². The molecular formula is C25H24N4O2. The Morgan fingerprint density at radius 1 is 0.903 bits per heavy atom. The largest absolute Gasteiger partial charge is 0.478 e. The number of hydrogen-bond donors (Lipinski definition) is 3. The van der Waals surface area contributed by atoms with Crippen molar-refractivity contribution in [1.29, 1.82) is 5.41 Å². The Labute approximate surface area is 180 Å². The van der Waals surface area contributed by atoms with Crippen molar-refractivity contribution in [2.75, 3.05) is 0 Å². The highest BCUT2D eigenvalue weighted by Gasteiger charge is 2.13. The van der Waals surface area contributed by atoms with Gasteiger partial charge < -0.3 is 15.4 Å². The van der Waals surface area contributed by atoms with E-state index in [4.69, 9.17) is 16.1 Å². The Hall–Kier alpha value is -3.93. The zero-order valence-corrected chi connectivity index (χ0v) is 17.1. The number of carbonyl (C=O) groups is 1. The Bertz CT molecular complexity index is 1230. The van der Waals surface area contributed by atoms with E-state index in [0.29, 0.717) is 11.1 Å². The topological polar surface area (TPSA) is 105 Å². The molecule has 1 heterocycles. The van der Waals surface area contributed by atoms with Crippen LogP contribution in [-0.2, 0) is 25.8 Å². The zero-order chi connectivity index (χ0) is 21.8. The van der Waals surface area contributed by atoms with Gasteiger partial charge in [-0.1, -0.05) is 54.6 Å². The Balaban J connectivity index is 1.61. The molecule has 4 N–H and O–H groups in total. The van der Waals surface area contributed by atoms with Gasteiger partial charge in [0.15, 0.2) is 0 Å². The number of benzene rings is 3. The van der Waals surface area contributed by atoms with Crippen LogP contribution in [0.25, 0.3) is 11.0 Å². The number of nitrogens with zero attached hydrogens (tertiary/aromatic N) is 2. The molecule has 0 amide bonds. The quantitative estimate of drug-likeness (QED) is 0.300. The Kier molecular flexibility index (Phi) is 5.80. The first-order valence-corrected chi connectivity index (χ1v) is 10.2. The fourth-order valence-corrected chi connectivity index (χ4v) is 3.75. The molecule has 4 aromatic rings. The molecule has 1 aromatic heterocycles. The van der Waals surface area contributed by atoms with Crippen molar-refractivity contribution >= 4 is 22.8 Å². The van der Waals surface area contributed by atoms with E-state index in [1.807, 2.05) is 48.5 Å². The second kappa shape index (κ2) is 8.83. The Morgan fingerprint density at radius 3 is 2.26 bits per heavy atom. The number of nitrogen functional groups attached to an aromatic ring is 1. The van der Waals surface area contributed by atoms with Crippen LogP contribution in [0.1, 0.15) is 32.9 Å². The number of aromatic carboxylic acids is 1. The van der Waals surface area contributed by atoms with Crippen LogP contribution in [0.5, 0.6) is 0 Å². The third kappa shape index (κ3) is 4.64. The molecule has 156 valence electrons. The third-order valence-electron chi connectivity index (χ3n) is 5.44. The van der Waals surface area contributed by atoms with Crippen LogP contribution in [0.2, 0.25) is 0 Å². The second-order valence-corrected chi connectivity index (χ2v) is 7.53. The molecule has 4 rings (SSSR count). The fraction of sp³-hybridized carbons (Fsp3) is 0.160. The van der Waals surface area contributed by atoms with Gasteiger partial charge in [0.25, 0.3) is 0 Å². The highest BCUT2D eigenvalue weighted by atomic mass is 16.4. The van der Waals surface area contributed by atoms with Crippen molar-refractivity contribution in [1.82, 2.24) is 9.55 Å². The molecule has 0 saturated heterocycles. The SMILES string of the molecule is N=C(N)c1ccc(CCc2nc3cc(C(=O)O)ccc3n2CCc2ccccc2)cc1. The molecule has 3 aromatic carbocycles. The number of aryl methyl sites for hydroxylation is 4. The first-order chi connectivity index (χ1) is 15.0. The summed E-state index contributed by atoms with van der Waals surface area (Å²) in [6.07, 6.45) is 2.39. The molecule has 6 heteroatoms. The maximum atomic E-state index is 11.4. The van der Waals surface area contributed by atoms with E-state index in [1.165, 1.54) is 5.56 Å². The van der Waals surface area contributed by atoms with E-state index in [0.717, 1.165) is 42.7 Å². The van der Waals surface area contributed by atoms with Gasteiger partial charge >= 0.3 is 5.97 Å². The van der Waals surface area contributed by atoms with Crippen molar-refractivity contribution in [2.45, 2.75) is 25.8 Å². The average Bonchev–Trinajstić information content (AvgIpc) is 3.13. The molecule has 0 radical (unpaired) electrons. The molecule has 31 heavy (non-hydrogen) atoms. The lowest BCUT2D eigenvalue weighted by molar-refractivity contribution is 0.0697. The summed E-state index contributed by atoms with van der Waals surface area (Å²) < 4.78 is 2.19. The average molecular weight is 412 g/mol. The lowest BCUT2D eigenvalue weighted by Crippen LogP contribution is -2.11. The normalized spacial score (nSPS) is 11.0. The van der Waals surface area contributed by atoms with E-state index in [9.17, 15) is 9.90 Å². The van der Waals surface area contributed by atoms with Gasteiger partial charge in [-0.3, -0.25) is 5.41 Å². The first-order valence-electron chi connectivity index (χ1n) is 10.2. The summed E-state index contributed by atoms with van der Waals surface area (Å²) in [5.74, 6) is 0.0421. The summed E-state index contributed by atoms with van der Waals surface area (Å²) in [7, 11) is 0. The molecular weight excluding hydrogens is 388 g/mol. The van der Waals surface area contributed by atoms with Crippen LogP contribution in [0.3, 0.4) is 0 Å². The number of carboxylic acid groups (broad SMARTS) is 1. The summed E-state index contributed by atoms with van der Waals surface area (Å²) in [6.45, 7) is 0.769. The van der Waals surface area contributed by atoms with Gasteiger partial charge in [-0.05, 0) is 42.2 Å². The summed E-state index contributed by atoms with van der Waals surface area (Å²) in [4.78, 5) is 16.1. The molecule has 0 saturated carbocycles. The predicted octanol–water partition coefficient (Wildman–Crippen LogP) is 4.05. The van der Waals surface area contributed by atoms with Crippen LogP contribution in [0.4, 0.5) is 0 Å². The van der Waals surface area contributed by atoms with Gasteiger partial charge in [-0.25, -0.2) is 9.78 Å². The molecule has 0 bridgehead atoms. The highest BCUT2D eigenvalue weighted by molar-refractivity contribution is 5.95. The minimum atomic E-state index is -0.951. The van der Waals surface area contributed by atoms with Gasteiger partial charge in [0.1, 0.15) is 11.7 Å². The summed E-state index contributed by atoms with van der Waals surface area (Å²) in [6, 6.07) is 23.1. The van der Waals surface area contributed by atoms with E-state index in [2.05, 4.69) is 16.7 Å². The number of nitrogens with one attached hydrogen (secondary N) is 1. The number of fused-ring (bicyclic) bond motifs is 1. The third-order valence-corrected chi connectivity index (χ3v) is 5.44. The number of hydrogen-bond acceptors (Lipinski definition) is 3. The lowest BCUT2D eigenvalue weighted by Gasteiger charge is -2.10. The number of rotatable bonds is 8. The number of nitrogens with two attached hydrogens (primary N) is 1. The minimum absolute atomic E-state index is 0.0588. The predicted molar refractivity (Wildman–Crippen MR) is 122 cm³/mol. The van der Waals surface area contributed by atoms with Crippen molar-refractivity contribution < 1.29 is 9.90 Å². The van der Waals surface area contributed by atoms with Crippen molar-refractivity contribution in [3.05, 3.63) is 101 Å². The summed E-state index contributed by atoms with van der Waals surface area (Å²) >= 11 is 0.